The SMILES string of the molecule is O=[N+]([O-])c1cnn(CCO)c1-c1ccc(Br)cc1. The van der Waals surface area contributed by atoms with E-state index in [0.29, 0.717) is 11.3 Å². The van der Waals surface area contributed by atoms with Gasteiger partial charge in [0.2, 0.25) is 0 Å². The highest BCUT2D eigenvalue weighted by Crippen LogP contribution is 2.30. The molecule has 1 aromatic carbocycles. The van der Waals surface area contributed by atoms with Crippen LogP contribution in [-0.2, 0) is 6.54 Å². The molecule has 0 atom stereocenters. The summed E-state index contributed by atoms with van der Waals surface area (Å²) in [5, 5.41) is 23.8. The topological polar surface area (TPSA) is 81.2 Å². The van der Waals surface area contributed by atoms with Crippen molar-refractivity contribution in [3.8, 4) is 11.3 Å². The zero-order chi connectivity index (χ0) is 13.1. The van der Waals surface area contributed by atoms with E-state index in [0.717, 1.165) is 4.47 Å². The number of rotatable bonds is 4. The van der Waals surface area contributed by atoms with Crippen LogP contribution in [0.15, 0.2) is 34.9 Å². The highest BCUT2D eigenvalue weighted by atomic mass is 79.9. The first kappa shape index (κ1) is 12.7. The normalized spacial score (nSPS) is 10.6. The molecule has 0 amide bonds. The van der Waals surface area contributed by atoms with Gasteiger partial charge in [0.05, 0.1) is 18.1 Å². The van der Waals surface area contributed by atoms with Crippen LogP contribution < -0.4 is 0 Å². The summed E-state index contributed by atoms with van der Waals surface area (Å²) in [4.78, 5) is 10.5. The number of nitro groups is 1. The lowest BCUT2D eigenvalue weighted by Gasteiger charge is -2.05. The molecule has 0 aliphatic rings. The van der Waals surface area contributed by atoms with Gasteiger partial charge in [0.1, 0.15) is 11.9 Å². The van der Waals surface area contributed by atoms with Gasteiger partial charge in [-0.25, -0.2) is 0 Å². The molecule has 0 radical (unpaired) electrons. The number of hydrogen-bond acceptors (Lipinski definition) is 4. The van der Waals surface area contributed by atoms with Crippen molar-refractivity contribution in [2.24, 2.45) is 0 Å². The number of aromatic nitrogens is 2. The highest BCUT2D eigenvalue weighted by molar-refractivity contribution is 9.10. The predicted octanol–water partition coefficient (Wildman–Crippen LogP) is 2.21. The van der Waals surface area contributed by atoms with Crippen LogP contribution in [-0.4, -0.2) is 26.4 Å². The first-order chi connectivity index (χ1) is 8.63. The molecule has 2 aromatic rings. The second kappa shape index (κ2) is 5.28. The number of benzene rings is 1. The molecule has 1 N–H and O–H groups in total. The molecule has 0 saturated heterocycles. The van der Waals surface area contributed by atoms with Crippen LogP contribution in [0.3, 0.4) is 0 Å². The molecule has 0 fully saturated rings. The number of hydrogen-bond donors (Lipinski definition) is 1. The summed E-state index contributed by atoms with van der Waals surface area (Å²) >= 11 is 3.31. The second-order valence-electron chi connectivity index (χ2n) is 3.59. The Morgan fingerprint density at radius 2 is 2.06 bits per heavy atom. The third-order valence-electron chi connectivity index (χ3n) is 2.45. The van der Waals surface area contributed by atoms with Crippen molar-refractivity contribution in [3.63, 3.8) is 0 Å². The van der Waals surface area contributed by atoms with Gasteiger partial charge in [-0.05, 0) is 12.1 Å². The van der Waals surface area contributed by atoms with E-state index in [2.05, 4.69) is 21.0 Å². The van der Waals surface area contributed by atoms with Crippen molar-refractivity contribution in [2.45, 2.75) is 6.54 Å². The molecule has 2 rings (SSSR count). The van der Waals surface area contributed by atoms with Crippen LogP contribution in [0.1, 0.15) is 0 Å². The van der Waals surface area contributed by atoms with Gasteiger partial charge in [-0.2, -0.15) is 5.10 Å². The molecule has 7 heteroatoms. The Hall–Kier alpha value is -1.73. The largest absolute Gasteiger partial charge is 0.394 e. The van der Waals surface area contributed by atoms with Crippen LogP contribution in [0.5, 0.6) is 0 Å². The van der Waals surface area contributed by atoms with Crippen LogP contribution in [0, 0.1) is 10.1 Å². The fourth-order valence-corrected chi connectivity index (χ4v) is 1.94. The summed E-state index contributed by atoms with van der Waals surface area (Å²) in [6, 6.07) is 7.13. The van der Waals surface area contributed by atoms with Gasteiger partial charge in [0, 0.05) is 10.0 Å². The van der Waals surface area contributed by atoms with E-state index in [1.165, 1.54) is 10.9 Å². The average molecular weight is 312 g/mol. The van der Waals surface area contributed by atoms with Crippen LogP contribution >= 0.6 is 15.9 Å². The second-order valence-corrected chi connectivity index (χ2v) is 4.50. The Kier molecular flexibility index (Phi) is 3.73. The Morgan fingerprint density at radius 3 is 2.61 bits per heavy atom. The molecule has 0 aliphatic carbocycles. The van der Waals surface area contributed by atoms with Gasteiger partial charge >= 0.3 is 5.69 Å². The molecule has 1 aromatic heterocycles. The first-order valence-electron chi connectivity index (χ1n) is 5.20. The van der Waals surface area contributed by atoms with Crippen molar-refractivity contribution >= 4 is 21.6 Å². The van der Waals surface area contributed by atoms with Crippen LogP contribution in [0.2, 0.25) is 0 Å². The van der Waals surface area contributed by atoms with Crippen molar-refractivity contribution in [1.82, 2.24) is 9.78 Å². The van der Waals surface area contributed by atoms with E-state index in [1.807, 2.05) is 0 Å². The van der Waals surface area contributed by atoms with Gasteiger partial charge in [-0.3, -0.25) is 14.8 Å². The molecule has 0 bridgehead atoms. The molecular weight excluding hydrogens is 302 g/mol. The Balaban J connectivity index is 2.55. The molecule has 0 unspecified atom stereocenters. The van der Waals surface area contributed by atoms with Gasteiger partial charge in [0.25, 0.3) is 0 Å². The van der Waals surface area contributed by atoms with E-state index in [4.69, 9.17) is 5.11 Å². The summed E-state index contributed by atoms with van der Waals surface area (Å²) in [6.45, 7) is 0.0988. The third-order valence-corrected chi connectivity index (χ3v) is 2.97. The lowest BCUT2D eigenvalue weighted by molar-refractivity contribution is -0.384. The lowest BCUT2D eigenvalue weighted by Crippen LogP contribution is -2.06. The maximum absolute atomic E-state index is 11.0. The molecule has 0 saturated carbocycles. The molecule has 6 nitrogen and oxygen atoms in total. The van der Waals surface area contributed by atoms with Gasteiger partial charge in [0.15, 0.2) is 0 Å². The third kappa shape index (κ3) is 2.41. The van der Waals surface area contributed by atoms with Crippen molar-refractivity contribution in [2.75, 3.05) is 6.61 Å². The van der Waals surface area contributed by atoms with E-state index >= 15 is 0 Å². The summed E-state index contributed by atoms with van der Waals surface area (Å²) < 4.78 is 2.32. The van der Waals surface area contributed by atoms with Crippen molar-refractivity contribution in [3.05, 3.63) is 45.0 Å². The fraction of sp³-hybridized carbons (Fsp3) is 0.182. The van der Waals surface area contributed by atoms with Crippen molar-refractivity contribution in [1.29, 1.82) is 0 Å². The minimum absolute atomic E-state index is 0.0641. The Labute approximate surface area is 111 Å². The predicted molar refractivity (Wildman–Crippen MR) is 69.1 cm³/mol. The van der Waals surface area contributed by atoms with Gasteiger partial charge < -0.3 is 5.11 Å². The number of halogens is 1. The Bertz CT molecular complexity index is 565. The lowest BCUT2D eigenvalue weighted by atomic mass is 10.1. The van der Waals surface area contributed by atoms with E-state index < -0.39 is 4.92 Å². The van der Waals surface area contributed by atoms with E-state index in [1.54, 1.807) is 24.3 Å². The van der Waals surface area contributed by atoms with E-state index in [-0.39, 0.29) is 18.8 Å². The first-order valence-corrected chi connectivity index (χ1v) is 6.00. The van der Waals surface area contributed by atoms with Crippen LogP contribution in [0.25, 0.3) is 11.3 Å². The zero-order valence-electron chi connectivity index (χ0n) is 9.28. The van der Waals surface area contributed by atoms with E-state index in [9.17, 15) is 10.1 Å². The minimum Gasteiger partial charge on any atom is -0.394 e. The minimum atomic E-state index is -0.474. The van der Waals surface area contributed by atoms with Gasteiger partial charge in [-0.1, -0.05) is 28.1 Å². The zero-order valence-corrected chi connectivity index (χ0v) is 10.9. The summed E-state index contributed by atoms with van der Waals surface area (Å²) in [7, 11) is 0. The summed E-state index contributed by atoms with van der Waals surface area (Å²) in [6.07, 6.45) is 1.20. The number of aliphatic hydroxyl groups is 1. The number of aliphatic hydroxyl groups excluding tert-OH is 1. The molecule has 18 heavy (non-hydrogen) atoms. The molecule has 0 aliphatic heterocycles. The Morgan fingerprint density at radius 1 is 1.39 bits per heavy atom. The summed E-state index contributed by atoms with van der Waals surface area (Å²) in [5.41, 5.74) is 1.03. The smallest absolute Gasteiger partial charge is 0.314 e. The maximum atomic E-state index is 11.0. The maximum Gasteiger partial charge on any atom is 0.314 e. The summed E-state index contributed by atoms with van der Waals surface area (Å²) in [5.74, 6) is 0. The van der Waals surface area contributed by atoms with Gasteiger partial charge in [-0.15, -0.1) is 0 Å². The molecule has 1 heterocycles. The molecule has 94 valence electrons. The van der Waals surface area contributed by atoms with Crippen molar-refractivity contribution < 1.29 is 10.0 Å². The highest BCUT2D eigenvalue weighted by Gasteiger charge is 2.21. The fourth-order valence-electron chi connectivity index (χ4n) is 1.68. The number of nitrogens with zero attached hydrogens (tertiary/aromatic N) is 3. The monoisotopic (exact) mass is 311 g/mol. The molecular formula is C11H10BrN3O3. The average Bonchev–Trinajstić information content (AvgIpc) is 2.75. The molecule has 0 spiro atoms. The quantitative estimate of drug-likeness (QED) is 0.693. The van der Waals surface area contributed by atoms with Crippen LogP contribution in [0.4, 0.5) is 5.69 Å². The standard InChI is InChI=1S/C11H10BrN3O3/c12-9-3-1-8(2-4-9)11-10(15(17)18)7-13-14(11)5-6-16/h1-4,7,16H,5-6H2.